The molecular formula is C55H78MgN4O6-2. The summed E-state index contributed by atoms with van der Waals surface area (Å²) in [5.74, 6) is 0.137. The summed E-state index contributed by atoms with van der Waals surface area (Å²) in [6.07, 6.45) is 19.3. The Labute approximate surface area is 411 Å². The van der Waals surface area contributed by atoms with Gasteiger partial charge in [0.25, 0.3) is 0 Å². The van der Waals surface area contributed by atoms with Gasteiger partial charge in [0.05, 0.1) is 7.11 Å². The van der Waals surface area contributed by atoms with Crippen LogP contribution in [-0.4, -0.2) is 77.7 Å². The van der Waals surface area contributed by atoms with Gasteiger partial charge in [0.1, 0.15) is 18.3 Å². The summed E-state index contributed by atoms with van der Waals surface area (Å²) in [5, 5.41) is 25.0. The molecule has 5 heterocycles. The van der Waals surface area contributed by atoms with E-state index in [-0.39, 0.29) is 83.4 Å². The molecule has 1 aliphatic carbocycles. The van der Waals surface area contributed by atoms with E-state index in [0.29, 0.717) is 51.2 Å². The van der Waals surface area contributed by atoms with E-state index < -0.39 is 17.9 Å². The fraction of sp³-hybridized carbons (Fsp3) is 0.655. The number of hydrogen-bond donors (Lipinski definition) is 1. The summed E-state index contributed by atoms with van der Waals surface area (Å²) in [6, 6.07) is -1.03. The van der Waals surface area contributed by atoms with Crippen molar-refractivity contribution in [2.24, 2.45) is 41.4 Å². The van der Waals surface area contributed by atoms with Crippen LogP contribution in [0.1, 0.15) is 167 Å². The second-order valence-electron chi connectivity index (χ2n) is 20.7. The molecule has 3 aliphatic heterocycles. The SMILES string of the molecule is CC[C@@H]1C(C)=C2/C=c3\[n-]/c(c(C)c3C(C)=O)=C\C3[N-]C(C4=c5[n-]c(c(C)c5=C(O)[C@@H]4C(=O)OC)CC1[N-]2)[C@@H](CCC(=O)OC/C=C(/C)CCC[C@H](C)CCC[C@H](C)CCCC(C)C)[C@@H]3C.[Mg+2]. The molecule has 1 N–H and O–H groups in total. The smallest absolute Gasteiger partial charge is 0.681 e. The average molecular weight is 916 g/mol. The van der Waals surface area contributed by atoms with Crippen LogP contribution in [0.25, 0.3) is 34.1 Å². The minimum atomic E-state index is -1.07. The zero-order valence-corrected chi connectivity index (χ0v) is 43.8. The van der Waals surface area contributed by atoms with E-state index in [9.17, 15) is 19.5 Å². The van der Waals surface area contributed by atoms with Crippen molar-refractivity contribution in [2.75, 3.05) is 13.7 Å². The molecule has 11 heteroatoms. The van der Waals surface area contributed by atoms with Gasteiger partial charge in [0.15, 0.2) is 5.78 Å². The number of aromatic nitrogens is 2. The van der Waals surface area contributed by atoms with Crippen molar-refractivity contribution in [3.63, 3.8) is 0 Å². The largest absolute Gasteiger partial charge is 2.00 e. The van der Waals surface area contributed by atoms with Crippen molar-refractivity contribution in [1.29, 1.82) is 0 Å². The molecule has 66 heavy (non-hydrogen) atoms. The quantitative estimate of drug-likeness (QED) is 0.0602. The summed E-state index contributed by atoms with van der Waals surface area (Å²) < 4.78 is 11.1. The van der Waals surface area contributed by atoms with Gasteiger partial charge in [-0.25, -0.2) is 0 Å². The number of methoxy groups -OCH3 is 1. The number of aliphatic hydroxyl groups is 1. The monoisotopic (exact) mass is 915 g/mol. The molecule has 0 aromatic carbocycles. The van der Waals surface area contributed by atoms with Gasteiger partial charge in [-0.1, -0.05) is 145 Å². The van der Waals surface area contributed by atoms with Crippen LogP contribution in [0.2, 0.25) is 0 Å². The van der Waals surface area contributed by atoms with Gasteiger partial charge in [-0.2, -0.15) is 5.69 Å². The topological polar surface area (TPSA) is 146 Å². The minimum absolute atomic E-state index is 0. The van der Waals surface area contributed by atoms with E-state index in [1.54, 1.807) is 6.92 Å². The molecule has 0 amide bonds. The predicted octanol–water partition coefficient (Wildman–Crippen LogP) is 8.62. The van der Waals surface area contributed by atoms with Gasteiger partial charge in [0, 0.05) is 12.0 Å². The van der Waals surface area contributed by atoms with Crippen LogP contribution < -0.4 is 31.2 Å². The first kappa shape index (κ1) is 53.4. The number of fused-ring (bicyclic) bond motifs is 8. The number of carbonyl (C=O) groups excluding carboxylic acids is 3. The summed E-state index contributed by atoms with van der Waals surface area (Å²) in [4.78, 5) is 50.6. The van der Waals surface area contributed by atoms with Crippen LogP contribution in [0, 0.1) is 55.3 Å². The summed E-state index contributed by atoms with van der Waals surface area (Å²) in [6.45, 7) is 23.6. The number of hydrogen-bond acceptors (Lipinski definition) is 6. The Morgan fingerprint density at radius 2 is 1.58 bits per heavy atom. The van der Waals surface area contributed by atoms with Crippen molar-refractivity contribution >= 4 is 64.3 Å². The van der Waals surface area contributed by atoms with Crippen LogP contribution >= 0.6 is 0 Å². The number of allylic oxidation sites excluding steroid dienone is 2. The number of nitrogens with zero attached hydrogens (tertiary/aromatic N) is 4. The molecule has 9 atom stereocenters. The zero-order valence-electron chi connectivity index (χ0n) is 42.4. The van der Waals surface area contributed by atoms with Crippen LogP contribution in [0.4, 0.5) is 0 Å². The van der Waals surface area contributed by atoms with E-state index in [2.05, 4.69) is 55.4 Å². The van der Waals surface area contributed by atoms with Gasteiger partial charge in [-0.15, -0.1) is 45.9 Å². The van der Waals surface area contributed by atoms with Crippen LogP contribution in [0.3, 0.4) is 0 Å². The second kappa shape index (κ2) is 23.6. The fourth-order valence-electron chi connectivity index (χ4n) is 11.3. The van der Waals surface area contributed by atoms with Crippen LogP contribution in [-0.2, 0) is 25.5 Å². The molecule has 2 aromatic rings. The van der Waals surface area contributed by atoms with Crippen LogP contribution in [0.15, 0.2) is 22.9 Å². The molecule has 4 aliphatic rings. The maximum absolute atomic E-state index is 13.7. The van der Waals surface area contributed by atoms with Crippen molar-refractivity contribution in [3.8, 4) is 0 Å². The summed E-state index contributed by atoms with van der Waals surface area (Å²) in [7, 11) is 1.33. The number of ketones is 1. The minimum Gasteiger partial charge on any atom is -0.681 e. The molecule has 0 saturated carbocycles. The zero-order chi connectivity index (χ0) is 47.3. The first-order valence-corrected chi connectivity index (χ1v) is 24.9. The summed E-state index contributed by atoms with van der Waals surface area (Å²) >= 11 is 0. The molecule has 358 valence electrons. The molecule has 6 rings (SSSR count). The molecular weight excluding hydrogens is 837 g/mol. The van der Waals surface area contributed by atoms with E-state index >= 15 is 0 Å². The maximum Gasteiger partial charge on any atom is 2.00 e. The van der Waals surface area contributed by atoms with Crippen molar-refractivity contribution in [1.82, 2.24) is 9.97 Å². The summed E-state index contributed by atoms with van der Waals surface area (Å²) in [5.41, 5.74) is 6.85. The molecule has 0 spiro atoms. The van der Waals surface area contributed by atoms with E-state index in [1.165, 1.54) is 57.6 Å². The van der Waals surface area contributed by atoms with Crippen molar-refractivity contribution in [2.45, 2.75) is 178 Å². The molecule has 1 saturated heterocycles. The van der Waals surface area contributed by atoms with Gasteiger partial charge in [0.2, 0.25) is 0 Å². The van der Waals surface area contributed by atoms with E-state index in [0.717, 1.165) is 59.2 Å². The van der Waals surface area contributed by atoms with Gasteiger partial charge >= 0.3 is 35.0 Å². The molecule has 0 radical (unpaired) electrons. The van der Waals surface area contributed by atoms with E-state index in [4.69, 9.17) is 30.1 Å². The third-order valence-corrected chi connectivity index (χ3v) is 15.4. The Hall–Kier alpha value is -3.54. The first-order chi connectivity index (χ1) is 30.9. The second-order valence-corrected chi connectivity index (χ2v) is 20.7. The normalized spacial score (nSPS) is 25.5. The van der Waals surface area contributed by atoms with Gasteiger partial charge in [-0.3, -0.25) is 14.4 Å². The van der Waals surface area contributed by atoms with Crippen LogP contribution in [0.5, 0.6) is 0 Å². The Bertz CT molecular complexity index is 2390. The van der Waals surface area contributed by atoms with Gasteiger partial charge < -0.3 is 35.2 Å². The molecule has 1 fully saturated rings. The number of rotatable bonds is 20. The number of aliphatic hydroxyl groups excluding tert-OH is 1. The maximum atomic E-state index is 13.7. The first-order valence-electron chi connectivity index (χ1n) is 24.9. The standard InChI is InChI=1S/C55H78N4O6.Mg/c1-13-39-34(7)41-29-46-48(38(11)60)36(9)43(57-46)27-42-35(8)40(52(58-42)50-51(55(63)64-12)54(62)49-37(10)44(59-53(49)50)28-45(39)56-41)23-24-47(61)65-26-25-33(6)22-16-21-32(5)20-15-19-31(4)18-14-17-30(2)3;/h25,27,29-32,35,39-40,42,45,51-52,62H,13-24,26,28H2,1-12H3;/q-4;+2/b33-25-,43-27-,46-29-;/t31-,32-,35+,39-,40+,42?,45?,51-,52?;/m1./s1. The third kappa shape index (κ3) is 12.0. The molecule has 10 nitrogen and oxygen atoms in total. The fourth-order valence-corrected chi connectivity index (χ4v) is 11.3. The average Bonchev–Trinajstić information content (AvgIpc) is 4.00. The van der Waals surface area contributed by atoms with Gasteiger partial charge in [-0.05, 0) is 88.8 Å². The predicted molar refractivity (Wildman–Crippen MR) is 267 cm³/mol. The Balaban J connectivity index is 0.00000817. The van der Waals surface area contributed by atoms with Crippen molar-refractivity contribution in [3.05, 3.63) is 77.2 Å². The Morgan fingerprint density at radius 3 is 2.21 bits per heavy atom. The third-order valence-electron chi connectivity index (χ3n) is 15.4. The molecule has 8 bridgehead atoms. The van der Waals surface area contributed by atoms with E-state index in [1.807, 2.05) is 32.1 Å². The number of Topliss-reactive ketones (excluding diaryl/α,β-unsaturated/α-hetero) is 1. The number of carbonyl (C=O) groups is 3. The number of esters is 2. The van der Waals surface area contributed by atoms with Crippen molar-refractivity contribution < 1.29 is 29.0 Å². The number of ether oxygens (including phenoxy) is 2. The molecule has 2 aromatic heterocycles. The Morgan fingerprint density at radius 1 is 0.909 bits per heavy atom. The molecule has 3 unspecified atom stereocenters. The Kier molecular flexibility index (Phi) is 19.1.